The Morgan fingerprint density at radius 1 is 1.08 bits per heavy atom. The number of pyridine rings is 1. The average Bonchev–Trinajstić information content (AvgIpc) is 4.05. The molecule has 1 unspecified atom stereocenters. The van der Waals surface area contributed by atoms with Crippen LogP contribution in [0.4, 0.5) is 14.4 Å². The number of methoxy groups -OCH3 is 1. The Balaban J connectivity index is 0.801. The van der Waals surface area contributed by atoms with E-state index in [9.17, 15) is 23.8 Å². The van der Waals surface area contributed by atoms with Gasteiger partial charge < -0.3 is 43.4 Å². The number of nitrogens with two attached hydrogens (primary N) is 1. The summed E-state index contributed by atoms with van der Waals surface area (Å²) in [6.07, 6.45) is 4.93. The molecule has 0 saturated carbocycles. The Bertz CT molecular complexity index is 2850. The van der Waals surface area contributed by atoms with Crippen molar-refractivity contribution in [3.63, 3.8) is 0 Å². The number of hydrogen-bond donors (Lipinski definition) is 4. The number of phosphoric acid groups is 1. The Kier molecular flexibility index (Phi) is 12.8. The number of phosphoric ester groups is 1. The lowest BCUT2D eigenvalue weighted by Crippen LogP contribution is -2.50. The third kappa shape index (κ3) is 9.49. The first-order chi connectivity index (χ1) is 31.1. The minimum atomic E-state index is -4.83. The second-order valence-corrected chi connectivity index (χ2v) is 17.2. The summed E-state index contributed by atoms with van der Waals surface area (Å²) in [5.41, 5.74) is 9.03. The number of ether oxygens (including phenoxy) is 2. The fourth-order valence-electron chi connectivity index (χ4n) is 8.42. The molecule has 1 fully saturated rings. The molecule has 0 bridgehead atoms. The third-order valence-corrected chi connectivity index (χ3v) is 12.5. The number of halogens is 2. The van der Waals surface area contributed by atoms with Crippen LogP contribution in [0.2, 0.25) is 0 Å². The molecule has 65 heavy (non-hydrogen) atoms. The molecule has 1 aromatic carbocycles. The number of unbranched alkanes of at least 4 members (excludes halogenated alkanes) is 2. The van der Waals surface area contributed by atoms with Crippen molar-refractivity contribution in [3.8, 4) is 17.0 Å². The first-order valence-corrected chi connectivity index (χ1v) is 22.5. The van der Waals surface area contributed by atoms with Gasteiger partial charge in [-0.25, -0.2) is 14.3 Å². The number of amides is 2. The number of nitrogen functional groups attached to an aromatic ring is 1. The molecule has 24 heteroatoms. The first kappa shape index (κ1) is 45.0. The van der Waals surface area contributed by atoms with Crippen molar-refractivity contribution in [2.75, 3.05) is 26.0 Å². The highest BCUT2D eigenvalue weighted by atomic mass is 31.2. The second kappa shape index (κ2) is 18.5. The van der Waals surface area contributed by atoms with E-state index in [1.807, 2.05) is 6.92 Å². The van der Waals surface area contributed by atoms with Crippen LogP contribution in [0.15, 0.2) is 88.6 Å². The van der Waals surface area contributed by atoms with Gasteiger partial charge in [0.1, 0.15) is 35.1 Å². The predicted octanol–water partition coefficient (Wildman–Crippen LogP) is 4.00. The highest BCUT2D eigenvalue weighted by Crippen LogP contribution is 2.42. The van der Waals surface area contributed by atoms with Gasteiger partial charge in [0.15, 0.2) is 5.70 Å². The van der Waals surface area contributed by atoms with Gasteiger partial charge in [-0.2, -0.15) is 4.98 Å². The van der Waals surface area contributed by atoms with Gasteiger partial charge in [-0.05, 0) is 96.4 Å². The molecule has 8 rings (SSSR count). The van der Waals surface area contributed by atoms with E-state index in [-0.39, 0.29) is 49.0 Å². The van der Waals surface area contributed by atoms with E-state index in [0.29, 0.717) is 81.4 Å². The molecule has 7 heterocycles. The van der Waals surface area contributed by atoms with E-state index < -0.39 is 45.5 Å². The summed E-state index contributed by atoms with van der Waals surface area (Å²) in [5.74, 6) is 0.0782. The number of hydrogen-bond acceptors (Lipinski definition) is 13. The predicted molar refractivity (Wildman–Crippen MR) is 233 cm³/mol. The van der Waals surface area contributed by atoms with Crippen molar-refractivity contribution < 1.29 is 50.8 Å². The van der Waals surface area contributed by atoms with Gasteiger partial charge in [0.2, 0.25) is 17.5 Å². The number of rotatable bonds is 18. The molecule has 5 aromatic rings. The number of fused-ring (bicyclic) bond motifs is 3. The van der Waals surface area contributed by atoms with Gasteiger partial charge in [-0.15, -0.1) is 5.10 Å². The Labute approximate surface area is 370 Å². The summed E-state index contributed by atoms with van der Waals surface area (Å²) in [5, 5.41) is 13.3. The van der Waals surface area contributed by atoms with Crippen LogP contribution < -0.4 is 31.4 Å². The number of aromatic nitrogens is 7. The van der Waals surface area contributed by atoms with Crippen LogP contribution in [0.25, 0.3) is 28.5 Å². The highest BCUT2D eigenvalue weighted by molar-refractivity contribution is 7.47. The average molecular weight is 918 g/mol. The maximum atomic E-state index is 16.5. The number of allylic oxidation sites excluding steroid dienone is 2. The van der Waals surface area contributed by atoms with Crippen LogP contribution in [-0.2, 0) is 23.4 Å². The summed E-state index contributed by atoms with van der Waals surface area (Å²) >= 11 is 0. The van der Waals surface area contributed by atoms with Crippen LogP contribution in [0.5, 0.6) is 5.75 Å². The SMILES string of the molecule is COc1ccc(-c2ccc3n2[B-](F)(F)[N+]2=C(C)C(CCC(=O)NCCCCCC(=O)N[C@H]4C[C@H](n5ccc(N)nc5=O)O[C@@H]4COP(=O)(O)On4nnc5cccnc54)=C(C)C2=C3)cc1. The normalized spacial score (nSPS) is 19.7. The molecule has 20 nitrogen and oxygen atoms in total. The maximum Gasteiger partial charge on any atom is 0.737 e. The minimum Gasteiger partial charge on any atom is -0.497 e. The molecule has 0 aliphatic carbocycles. The van der Waals surface area contributed by atoms with Crippen molar-refractivity contribution in [1.29, 1.82) is 0 Å². The van der Waals surface area contributed by atoms with Crippen LogP contribution in [0.1, 0.15) is 70.7 Å². The smallest absolute Gasteiger partial charge is 0.497 e. The quantitative estimate of drug-likeness (QED) is 0.0552. The zero-order valence-electron chi connectivity index (χ0n) is 35.7. The van der Waals surface area contributed by atoms with E-state index >= 15 is 8.63 Å². The van der Waals surface area contributed by atoms with Gasteiger partial charge >= 0.3 is 20.5 Å². The molecule has 3 aliphatic rings. The Morgan fingerprint density at radius 2 is 1.88 bits per heavy atom. The number of anilines is 1. The molecule has 342 valence electrons. The van der Waals surface area contributed by atoms with Crippen LogP contribution in [0.3, 0.4) is 0 Å². The van der Waals surface area contributed by atoms with Gasteiger partial charge in [-0.1, -0.05) is 6.42 Å². The lowest BCUT2D eigenvalue weighted by atomic mass is 9.89. The number of nitrogens with zero attached hydrogens (tertiary/aromatic N) is 8. The van der Waals surface area contributed by atoms with E-state index in [2.05, 4.69) is 30.9 Å². The lowest BCUT2D eigenvalue weighted by Gasteiger charge is -2.31. The fraction of sp³-hybridized carbons (Fsp3) is 0.366. The van der Waals surface area contributed by atoms with E-state index in [1.54, 1.807) is 68.6 Å². The van der Waals surface area contributed by atoms with E-state index in [4.69, 9.17) is 24.4 Å². The van der Waals surface area contributed by atoms with Gasteiger partial charge in [0.05, 0.1) is 19.8 Å². The molecule has 2 amide bonds. The molecule has 0 radical (unpaired) electrons. The maximum absolute atomic E-state index is 16.5. The first-order valence-electron chi connectivity index (χ1n) is 21.0. The molecule has 4 atom stereocenters. The standard InChI is InChI=1S/C41H47BF2N11O9P/c1-25-30(26(2)53-34(25)22-28-12-16-33(54(28)42(53,43)44)27-10-13-29(61-3)14-11-27)15-17-37(56)46-19-6-4-5-9-38(57)48-32-23-39(52-21-18-36(45)49-41(52)58)63-35(32)24-62-65(59,60)64-55-40-31(50-51-55)8-7-20-47-40/h7-8,10-14,16,18,20-22,32,35,39H,4-6,9,15,17,19,23-24H2,1-3H3,(H,46,56)(H,48,57)(H,59,60)(H2,45,49,58)/t32-,35+,39+/m0/s1. The molecule has 3 aliphatic heterocycles. The number of carbonyl (C=O) groups excluding carboxylic acids is 2. The summed E-state index contributed by atoms with van der Waals surface area (Å²) in [6.45, 7) is -0.933. The third-order valence-electron chi connectivity index (χ3n) is 11.6. The molecular formula is C41H47BF2N11O9P. The molecule has 5 N–H and O–H groups in total. The topological polar surface area (TPSA) is 245 Å². The molecule has 4 aromatic heterocycles. The van der Waals surface area contributed by atoms with Crippen LogP contribution in [0, 0.1) is 0 Å². The van der Waals surface area contributed by atoms with Crippen molar-refractivity contribution in [3.05, 3.63) is 100 Å². The monoisotopic (exact) mass is 917 g/mol. The largest absolute Gasteiger partial charge is 0.737 e. The fourth-order valence-corrected chi connectivity index (χ4v) is 9.11. The number of nitrogens with one attached hydrogen (secondary N) is 2. The van der Waals surface area contributed by atoms with Gasteiger partial charge in [0.25, 0.3) is 0 Å². The summed E-state index contributed by atoms with van der Waals surface area (Å²) in [7, 11) is -3.28. The van der Waals surface area contributed by atoms with Crippen LogP contribution >= 0.6 is 7.82 Å². The molecule has 1 saturated heterocycles. The number of carbonyl (C=O) groups is 2. The lowest BCUT2D eigenvalue weighted by molar-refractivity contribution is -0.362. The second-order valence-electron chi connectivity index (χ2n) is 15.8. The summed E-state index contributed by atoms with van der Waals surface area (Å²) in [4.78, 5) is 57.6. The zero-order valence-corrected chi connectivity index (χ0v) is 36.6. The van der Waals surface area contributed by atoms with Gasteiger partial charge in [0, 0.05) is 73.7 Å². The van der Waals surface area contributed by atoms with Gasteiger partial charge in [-0.3, -0.25) is 28.2 Å². The Hall–Kier alpha value is -6.55. The molecular weight excluding hydrogens is 870 g/mol. The van der Waals surface area contributed by atoms with Crippen molar-refractivity contribution in [2.24, 2.45) is 0 Å². The van der Waals surface area contributed by atoms with Crippen molar-refractivity contribution in [2.45, 2.75) is 77.2 Å². The van der Waals surface area contributed by atoms with Crippen molar-refractivity contribution >= 4 is 55.4 Å². The Morgan fingerprint density at radius 3 is 2.65 bits per heavy atom. The van der Waals surface area contributed by atoms with Crippen molar-refractivity contribution in [1.82, 2.24) is 44.8 Å². The van der Waals surface area contributed by atoms with E-state index in [0.717, 1.165) is 8.96 Å². The number of benzene rings is 1. The summed E-state index contributed by atoms with van der Waals surface area (Å²) in [6, 6.07) is 14.2. The van der Waals surface area contributed by atoms with E-state index in [1.165, 1.54) is 23.0 Å². The zero-order chi connectivity index (χ0) is 46.0. The minimum absolute atomic E-state index is 0.00847. The molecule has 0 spiro atoms. The highest BCUT2D eigenvalue weighted by Gasteiger charge is 2.54. The summed E-state index contributed by atoms with van der Waals surface area (Å²) < 4.78 is 70.8. The van der Waals surface area contributed by atoms with Crippen LogP contribution in [-0.4, -0.2) is 100 Å².